The molecule has 0 fully saturated rings. The molecule has 52 heavy (non-hydrogen) atoms. The molecular formula is C45H43N3P2S2. The summed E-state index contributed by atoms with van der Waals surface area (Å²) in [5, 5.41) is 7.69. The summed E-state index contributed by atoms with van der Waals surface area (Å²) in [4.78, 5) is 2.51. The van der Waals surface area contributed by atoms with E-state index in [0.717, 1.165) is 18.8 Å². The van der Waals surface area contributed by atoms with Gasteiger partial charge in [0.05, 0.1) is 34.3 Å². The lowest BCUT2D eigenvalue weighted by molar-refractivity contribution is 0.513. The number of anilines is 3. The minimum Gasteiger partial charge on any atom is -0.309 e. The standard InChI is InChI=1S/C45H43N3P2S2/c1-8-46(9-2)50(52)42-24-31(6)16-20-40(42)48-39-19-15-30(5)23-41(39)49(7,51)43-26-33(27-44(50)45(43)48)32-11-10-12-34(25-32)47-37-17-13-28(3)21-35(37)36-22-29(4)14-18-38(36)47/h10-27H,8-9H2,1-7H3. The van der Waals surface area contributed by atoms with Crippen LogP contribution in [0.2, 0.25) is 0 Å². The molecule has 9 rings (SSSR count). The largest absolute Gasteiger partial charge is 0.309 e. The molecule has 2 unspecified atom stereocenters. The molecule has 0 amide bonds. The monoisotopic (exact) mass is 751 g/mol. The van der Waals surface area contributed by atoms with E-state index < -0.39 is 12.2 Å². The molecule has 0 N–H and O–H groups in total. The molecule has 2 atom stereocenters. The van der Waals surface area contributed by atoms with Gasteiger partial charge in [-0.3, -0.25) is 4.67 Å². The zero-order valence-electron chi connectivity index (χ0n) is 30.9. The molecule has 260 valence electrons. The molecule has 0 bridgehead atoms. The summed E-state index contributed by atoms with van der Waals surface area (Å²) in [7, 11) is 0. The third-order valence-electron chi connectivity index (χ3n) is 11.3. The Morgan fingerprint density at radius 3 is 1.71 bits per heavy atom. The van der Waals surface area contributed by atoms with Gasteiger partial charge in [0.2, 0.25) is 0 Å². The first-order chi connectivity index (χ1) is 24.9. The van der Waals surface area contributed by atoms with Crippen molar-refractivity contribution in [2.45, 2.75) is 41.5 Å². The van der Waals surface area contributed by atoms with Crippen LogP contribution in [-0.4, -0.2) is 29.0 Å². The van der Waals surface area contributed by atoms with E-state index >= 15 is 0 Å². The predicted molar refractivity (Wildman–Crippen MR) is 236 cm³/mol. The molecule has 2 aliphatic rings. The Kier molecular flexibility index (Phi) is 7.91. The summed E-state index contributed by atoms with van der Waals surface area (Å²) < 4.78 is 5.00. The molecule has 6 aromatic carbocycles. The lowest BCUT2D eigenvalue weighted by atomic mass is 10.0. The number of benzene rings is 6. The fraction of sp³-hybridized carbons (Fsp3) is 0.200. The van der Waals surface area contributed by atoms with Crippen molar-refractivity contribution in [3.05, 3.63) is 131 Å². The van der Waals surface area contributed by atoms with E-state index in [1.54, 1.807) is 0 Å². The Hall–Kier alpha value is -3.82. The number of hydrogen-bond acceptors (Lipinski definition) is 3. The second kappa shape index (κ2) is 12.1. The summed E-state index contributed by atoms with van der Waals surface area (Å²) in [5.41, 5.74) is 14.6. The minimum atomic E-state index is -2.44. The number of aryl methyl sites for hydroxylation is 4. The molecule has 0 radical (unpaired) electrons. The fourth-order valence-electron chi connectivity index (χ4n) is 8.70. The average Bonchev–Trinajstić information content (AvgIpc) is 3.44. The number of hydrogen-bond donors (Lipinski definition) is 0. The molecule has 7 heteroatoms. The minimum absolute atomic E-state index is 0.887. The maximum Gasteiger partial charge on any atom is 0.0751 e. The molecule has 0 saturated heterocycles. The fourth-order valence-corrected chi connectivity index (χ4v) is 16.9. The van der Waals surface area contributed by atoms with Crippen LogP contribution in [0.15, 0.2) is 109 Å². The van der Waals surface area contributed by atoms with Crippen molar-refractivity contribution >= 4 is 95.9 Å². The maximum atomic E-state index is 7.13. The normalized spacial score (nSPS) is 18.9. The summed E-state index contributed by atoms with van der Waals surface area (Å²) >= 11 is 14.0. The van der Waals surface area contributed by atoms with Gasteiger partial charge >= 0.3 is 0 Å². The second-order valence-corrected chi connectivity index (χ2v) is 24.0. The summed E-state index contributed by atoms with van der Waals surface area (Å²) in [5.74, 6) is 0. The van der Waals surface area contributed by atoms with Crippen LogP contribution >= 0.6 is 12.2 Å². The van der Waals surface area contributed by atoms with Gasteiger partial charge in [0.25, 0.3) is 0 Å². The SMILES string of the molecule is CCN(CC)P1(=S)c2cc(C)ccc2N2c3ccc(C)cc3P(C)(=S)c3cc(-c4cccc(-n5c6ccc(C)cc6c6cc(C)ccc65)c4)cc1c32. The van der Waals surface area contributed by atoms with E-state index in [1.165, 1.54) is 93.5 Å². The van der Waals surface area contributed by atoms with Crippen LogP contribution in [0, 0.1) is 27.7 Å². The molecule has 0 saturated carbocycles. The quantitative estimate of drug-likeness (QED) is 0.162. The Balaban J connectivity index is 1.35. The smallest absolute Gasteiger partial charge is 0.0751 e. The number of aromatic nitrogens is 1. The van der Waals surface area contributed by atoms with Gasteiger partial charge in [-0.15, -0.1) is 0 Å². The average molecular weight is 752 g/mol. The van der Waals surface area contributed by atoms with Gasteiger partial charge in [-0.1, -0.05) is 96.1 Å². The maximum absolute atomic E-state index is 7.13. The van der Waals surface area contributed by atoms with E-state index in [0.29, 0.717) is 0 Å². The Morgan fingerprint density at radius 2 is 1.10 bits per heavy atom. The van der Waals surface area contributed by atoms with Crippen molar-refractivity contribution in [1.82, 2.24) is 9.24 Å². The number of nitrogens with zero attached hydrogens (tertiary/aromatic N) is 3. The summed E-state index contributed by atoms with van der Waals surface area (Å²) in [6, 6.07) is 39.2. The van der Waals surface area contributed by atoms with Crippen molar-refractivity contribution in [2.75, 3.05) is 24.7 Å². The van der Waals surface area contributed by atoms with E-state index in [1.807, 2.05) is 0 Å². The molecule has 3 heterocycles. The second-order valence-electron chi connectivity index (χ2n) is 14.7. The van der Waals surface area contributed by atoms with Gasteiger partial charge in [0.1, 0.15) is 0 Å². The van der Waals surface area contributed by atoms with E-state index in [2.05, 4.69) is 172 Å². The summed E-state index contributed by atoms with van der Waals surface area (Å²) in [6.45, 7) is 17.4. The highest BCUT2D eigenvalue weighted by Gasteiger charge is 2.45. The van der Waals surface area contributed by atoms with Gasteiger partial charge in [0, 0.05) is 56.8 Å². The van der Waals surface area contributed by atoms with Crippen molar-refractivity contribution < 1.29 is 0 Å². The molecule has 7 aromatic rings. The Bertz CT molecular complexity index is 2700. The number of rotatable bonds is 5. The first-order valence-corrected chi connectivity index (χ1v) is 24.2. The Morgan fingerprint density at radius 1 is 0.558 bits per heavy atom. The third kappa shape index (κ3) is 4.80. The van der Waals surface area contributed by atoms with Crippen molar-refractivity contribution in [2.24, 2.45) is 0 Å². The molecule has 1 aromatic heterocycles. The van der Waals surface area contributed by atoms with Gasteiger partial charge in [-0.05, 0) is 118 Å². The third-order valence-corrected chi connectivity index (χ3v) is 20.2. The molecule has 3 nitrogen and oxygen atoms in total. The van der Waals surface area contributed by atoms with Crippen molar-refractivity contribution in [1.29, 1.82) is 0 Å². The lowest BCUT2D eigenvalue weighted by Gasteiger charge is -2.48. The molecule has 2 aliphatic heterocycles. The zero-order valence-corrected chi connectivity index (χ0v) is 34.3. The topological polar surface area (TPSA) is 11.4 Å². The van der Waals surface area contributed by atoms with Crippen LogP contribution in [0.1, 0.15) is 36.1 Å². The van der Waals surface area contributed by atoms with Gasteiger partial charge in [-0.25, -0.2) is 0 Å². The predicted octanol–water partition coefficient (Wildman–Crippen LogP) is 10.5. The van der Waals surface area contributed by atoms with E-state index in [9.17, 15) is 0 Å². The highest BCUT2D eigenvalue weighted by molar-refractivity contribution is 8.22. The van der Waals surface area contributed by atoms with Crippen LogP contribution in [0.3, 0.4) is 0 Å². The molecule has 0 spiro atoms. The van der Waals surface area contributed by atoms with Crippen LogP contribution in [0.5, 0.6) is 0 Å². The van der Waals surface area contributed by atoms with Crippen LogP contribution in [0.4, 0.5) is 17.1 Å². The highest BCUT2D eigenvalue weighted by Crippen LogP contribution is 2.62. The van der Waals surface area contributed by atoms with Crippen molar-refractivity contribution in [3.8, 4) is 16.8 Å². The van der Waals surface area contributed by atoms with Gasteiger partial charge < -0.3 is 9.47 Å². The molecule has 0 aliphatic carbocycles. The first kappa shape index (κ1) is 34.0. The lowest BCUT2D eigenvalue weighted by Crippen LogP contribution is -2.45. The van der Waals surface area contributed by atoms with E-state index in [4.69, 9.17) is 23.6 Å². The van der Waals surface area contributed by atoms with Gasteiger partial charge in [-0.2, -0.15) is 0 Å². The Labute approximate surface area is 318 Å². The summed E-state index contributed by atoms with van der Waals surface area (Å²) in [6.07, 6.45) is -2.44. The van der Waals surface area contributed by atoms with Crippen LogP contribution < -0.4 is 26.1 Å². The van der Waals surface area contributed by atoms with E-state index in [-0.39, 0.29) is 0 Å². The van der Waals surface area contributed by atoms with Gasteiger partial charge in [0.15, 0.2) is 0 Å². The highest BCUT2D eigenvalue weighted by atomic mass is 32.4. The van der Waals surface area contributed by atoms with Crippen molar-refractivity contribution in [3.63, 3.8) is 0 Å². The first-order valence-electron chi connectivity index (χ1n) is 18.2. The number of fused-ring (bicyclic) bond motifs is 7. The van der Waals surface area contributed by atoms with Crippen LogP contribution in [-0.2, 0) is 23.6 Å². The molecular weight excluding hydrogens is 709 g/mol. The zero-order chi connectivity index (χ0) is 36.3. The van der Waals surface area contributed by atoms with Crippen LogP contribution in [0.25, 0.3) is 38.6 Å².